The average molecular weight is 1280 g/mol. The molecule has 6 nitrogen and oxygen atoms in total. The van der Waals surface area contributed by atoms with Crippen LogP contribution in [-0.2, 0) is 25.5 Å². The largest absolute Gasteiger partial charge is 0 e. The van der Waals surface area contributed by atoms with E-state index in [1.165, 1.54) is 73.3 Å². The van der Waals surface area contributed by atoms with Crippen LogP contribution in [-0.4, -0.2) is 37.8 Å². The molecule has 6 aromatic carbocycles. The number of benzene rings is 6. The second-order valence-corrected chi connectivity index (χ2v) is 35.0. The SMILES string of the molecule is Cc1ccc2ccc3nc(-c4[c-]ccc5c4oc4nc(C(C)C6CCCC6)ccc45)n(-c4c(-c5ccccc5)cc(C(C)(C)C)cc4-c4ccccc4)c3c2n1.[CH3][Ge]([CH3])([CH3])[c]1ccc(-c2[c-]cc(C3CCCCC3)cc2)nc1.[Ir]. The van der Waals surface area contributed by atoms with E-state index in [0.29, 0.717) is 17.5 Å². The van der Waals surface area contributed by atoms with Gasteiger partial charge in [0.1, 0.15) is 0 Å². The van der Waals surface area contributed by atoms with Gasteiger partial charge in [0.25, 0.3) is 0 Å². The number of hydrogen-bond donors (Lipinski definition) is 0. The average Bonchev–Trinajstić information content (AvgIpc) is 4.37. The molecule has 1 radical (unpaired) electrons. The molecule has 0 bridgehead atoms. The smallest absolute Gasteiger partial charge is 0 e. The van der Waals surface area contributed by atoms with Gasteiger partial charge < -0.3 is 8.98 Å². The van der Waals surface area contributed by atoms with Crippen LogP contribution in [0.2, 0.25) is 17.3 Å². The fourth-order valence-electron chi connectivity index (χ4n) is 12.2. The molecule has 5 aromatic heterocycles. The summed E-state index contributed by atoms with van der Waals surface area (Å²) < 4.78 is 10.7. The molecule has 5 heterocycles. The predicted octanol–water partition coefficient (Wildman–Crippen LogP) is 18.7. The zero-order valence-electron chi connectivity index (χ0n) is 47.1. The van der Waals surface area contributed by atoms with Crippen molar-refractivity contribution < 1.29 is 24.5 Å². The van der Waals surface area contributed by atoms with Crippen LogP contribution in [0.5, 0.6) is 0 Å². The molecule has 2 fully saturated rings. The van der Waals surface area contributed by atoms with Crippen LogP contribution in [0.15, 0.2) is 162 Å². The zero-order valence-corrected chi connectivity index (χ0v) is 51.6. The number of rotatable bonds is 9. The Hall–Kier alpha value is -6.51. The number of imidazole rings is 1. The monoisotopic (exact) mass is 1280 g/mol. The molecule has 79 heavy (non-hydrogen) atoms. The molecule has 1 atom stereocenters. The third kappa shape index (κ3) is 11.0. The second kappa shape index (κ2) is 22.6. The Kier molecular flexibility index (Phi) is 15.5. The van der Waals surface area contributed by atoms with E-state index in [0.717, 1.165) is 106 Å². The summed E-state index contributed by atoms with van der Waals surface area (Å²) in [7, 11) is 0. The standard InChI is InChI=1S/C51H45N4O.C20H26GeN.Ir/c1-31-23-24-36-25-27-44-47(45(36)52-31)55(46-41(34-17-8-6-9-18-34)29-37(51(3,4)5)30-42(46)35-19-10-7-11-20-35)49(53-44)40-22-14-21-38-39-26-28-43(54-50(39)56-48(38)40)32(2)33-15-12-13-16-33;1-21(2,3)19-13-14-20(22-15-19)18-11-9-17(10-12-18)16-7-5-4-6-8-16;/h6-11,14,17-21,23-30,32-33H,12-13,15-16H2,1-5H3;9-11,13-16H,4-8H2,1-3H3;/q2*-1;. The number of nitrogens with zero attached hydrogens (tertiary/aromatic N) is 5. The summed E-state index contributed by atoms with van der Waals surface area (Å²) in [5.41, 5.74) is 17.3. The van der Waals surface area contributed by atoms with Gasteiger partial charge in [0.2, 0.25) is 5.71 Å². The van der Waals surface area contributed by atoms with E-state index >= 15 is 0 Å². The van der Waals surface area contributed by atoms with Crippen molar-refractivity contribution in [1.29, 1.82) is 0 Å². The maximum Gasteiger partial charge on any atom is 0 e. The molecule has 8 heteroatoms. The maximum absolute atomic E-state index is 6.87. The van der Waals surface area contributed by atoms with Gasteiger partial charge in [0.15, 0.2) is 0 Å². The van der Waals surface area contributed by atoms with Crippen molar-refractivity contribution in [3.8, 4) is 50.6 Å². The number of pyridine rings is 3. The summed E-state index contributed by atoms with van der Waals surface area (Å²) in [6, 6.07) is 61.5. The van der Waals surface area contributed by atoms with Gasteiger partial charge in [-0.25, -0.2) is 4.98 Å². The molecule has 0 N–H and O–H groups in total. The Morgan fingerprint density at radius 3 is 2.00 bits per heavy atom. The third-order valence-corrected chi connectivity index (χ3v) is 21.2. The minimum atomic E-state index is -1.76. The van der Waals surface area contributed by atoms with Crippen molar-refractivity contribution in [2.45, 2.75) is 127 Å². The van der Waals surface area contributed by atoms with Crippen LogP contribution >= 0.6 is 0 Å². The van der Waals surface area contributed by atoms with Crippen molar-refractivity contribution in [2.75, 3.05) is 0 Å². The van der Waals surface area contributed by atoms with Crippen LogP contribution in [0.1, 0.15) is 120 Å². The summed E-state index contributed by atoms with van der Waals surface area (Å²) in [5, 5.41) is 3.07. The van der Waals surface area contributed by atoms with E-state index in [2.05, 4.69) is 225 Å². The quantitative estimate of drug-likeness (QED) is 0.106. The first-order chi connectivity index (χ1) is 37.8. The summed E-state index contributed by atoms with van der Waals surface area (Å²) in [4.78, 5) is 20.6. The number of hydrogen-bond acceptors (Lipinski definition) is 5. The Labute approximate surface area is 483 Å². The van der Waals surface area contributed by atoms with Gasteiger partial charge in [-0.15, -0.1) is 18.2 Å². The van der Waals surface area contributed by atoms with Crippen molar-refractivity contribution in [3.05, 3.63) is 193 Å². The van der Waals surface area contributed by atoms with E-state index in [-0.39, 0.29) is 25.5 Å². The molecule has 11 aromatic rings. The van der Waals surface area contributed by atoms with Crippen molar-refractivity contribution in [3.63, 3.8) is 0 Å². The van der Waals surface area contributed by atoms with E-state index in [1.807, 2.05) is 6.07 Å². The summed E-state index contributed by atoms with van der Waals surface area (Å²) in [6.45, 7) is 11.2. The molecule has 401 valence electrons. The van der Waals surface area contributed by atoms with E-state index < -0.39 is 13.3 Å². The Morgan fingerprint density at radius 1 is 0.684 bits per heavy atom. The first-order valence-electron chi connectivity index (χ1n) is 28.6. The summed E-state index contributed by atoms with van der Waals surface area (Å²) in [6.07, 6.45) is 14.1. The van der Waals surface area contributed by atoms with E-state index in [9.17, 15) is 0 Å². The molecule has 13 rings (SSSR count). The molecule has 0 saturated heterocycles. The van der Waals surface area contributed by atoms with Gasteiger partial charge in [0.05, 0.1) is 33.6 Å². The van der Waals surface area contributed by atoms with Crippen LogP contribution in [0.4, 0.5) is 0 Å². The van der Waals surface area contributed by atoms with Gasteiger partial charge in [-0.3, -0.25) is 9.97 Å². The summed E-state index contributed by atoms with van der Waals surface area (Å²) in [5.74, 6) is 9.77. The summed E-state index contributed by atoms with van der Waals surface area (Å²) >= 11 is -1.76. The molecule has 0 amide bonds. The van der Waals surface area contributed by atoms with E-state index in [4.69, 9.17) is 19.4 Å². The van der Waals surface area contributed by atoms with Crippen molar-refractivity contribution >= 4 is 61.7 Å². The minimum absolute atomic E-state index is 0. The van der Waals surface area contributed by atoms with Crippen molar-refractivity contribution in [1.82, 2.24) is 24.5 Å². The van der Waals surface area contributed by atoms with Crippen LogP contribution in [0.3, 0.4) is 0 Å². The minimum Gasteiger partial charge on any atom is 0 e. The molecule has 0 aliphatic heterocycles. The fourth-order valence-corrected chi connectivity index (χ4v) is 14.4. The number of furan rings is 1. The van der Waals surface area contributed by atoms with Crippen molar-refractivity contribution in [2.24, 2.45) is 5.92 Å². The molecular formula is C71H71GeIrN5O-2. The molecule has 2 aliphatic rings. The van der Waals surface area contributed by atoms with Crippen LogP contribution < -0.4 is 4.40 Å². The molecule has 2 aliphatic carbocycles. The molecule has 2 saturated carbocycles. The number of aromatic nitrogens is 5. The van der Waals surface area contributed by atoms with Gasteiger partial charge in [-0.2, -0.15) is 0 Å². The third-order valence-electron chi connectivity index (χ3n) is 16.9. The number of fused-ring (bicyclic) bond motifs is 6. The van der Waals surface area contributed by atoms with Gasteiger partial charge >= 0.3 is 137 Å². The van der Waals surface area contributed by atoms with Gasteiger partial charge in [-0.1, -0.05) is 124 Å². The molecule has 1 unspecified atom stereocenters. The normalized spacial score (nSPS) is 14.9. The Bertz CT molecular complexity index is 3870. The molecule has 0 spiro atoms. The number of aryl methyl sites for hydroxylation is 1. The topological polar surface area (TPSA) is 69.6 Å². The molecular weight excluding hydrogens is 1200 g/mol. The van der Waals surface area contributed by atoms with E-state index in [1.54, 1.807) is 0 Å². The Balaban J connectivity index is 0.000000241. The van der Waals surface area contributed by atoms with Gasteiger partial charge in [-0.05, 0) is 84.2 Å². The first-order valence-corrected chi connectivity index (χ1v) is 35.9. The van der Waals surface area contributed by atoms with Gasteiger partial charge in [0, 0.05) is 59.3 Å². The first kappa shape index (κ1) is 54.4. The Morgan fingerprint density at radius 2 is 1.37 bits per heavy atom. The van der Waals surface area contributed by atoms with Crippen LogP contribution in [0, 0.1) is 25.0 Å². The maximum atomic E-state index is 6.87. The zero-order chi connectivity index (χ0) is 53.7. The fraction of sp³-hybridized carbons (Fsp3) is 0.296. The predicted molar refractivity (Wildman–Crippen MR) is 328 cm³/mol. The van der Waals surface area contributed by atoms with Crippen LogP contribution in [0.25, 0.3) is 94.6 Å². The second-order valence-electron chi connectivity index (χ2n) is 24.3.